The average molecular weight is 771 g/mol. The number of likely N-dealkylation sites (tertiary alicyclic amines) is 1. The van der Waals surface area contributed by atoms with Crippen LogP contribution in [0.25, 0.3) is 0 Å². The second-order valence-electron chi connectivity index (χ2n) is 15.9. The van der Waals surface area contributed by atoms with Gasteiger partial charge in [-0.1, -0.05) is 26.0 Å². The van der Waals surface area contributed by atoms with E-state index in [-0.39, 0.29) is 11.8 Å². The summed E-state index contributed by atoms with van der Waals surface area (Å²) in [6.07, 6.45) is 6.65. The van der Waals surface area contributed by atoms with E-state index >= 15 is 0 Å². The predicted octanol–water partition coefficient (Wildman–Crippen LogP) is 6.74. The highest BCUT2D eigenvalue weighted by molar-refractivity contribution is 5.89. The molecule has 2 unspecified atom stereocenters. The molecular formula is C43H65F3N6O3. The molecule has 0 radical (unpaired) electrons. The number of carbonyl (C=O) groups excluding carboxylic acids is 3. The Labute approximate surface area is 327 Å². The smallest absolute Gasteiger partial charge is 0.326 e. The van der Waals surface area contributed by atoms with Crippen LogP contribution in [0.15, 0.2) is 36.4 Å². The van der Waals surface area contributed by atoms with Gasteiger partial charge in [-0.3, -0.25) is 14.4 Å². The fourth-order valence-corrected chi connectivity index (χ4v) is 8.71. The molecule has 55 heavy (non-hydrogen) atoms. The Morgan fingerprint density at radius 3 is 1.55 bits per heavy atom. The van der Waals surface area contributed by atoms with Gasteiger partial charge in [0.25, 0.3) is 0 Å². The first-order valence-corrected chi connectivity index (χ1v) is 20.5. The Hall–Kier alpha value is -3.32. The minimum absolute atomic E-state index is 0.00315. The van der Waals surface area contributed by atoms with Crippen molar-refractivity contribution in [3.8, 4) is 0 Å². The summed E-state index contributed by atoms with van der Waals surface area (Å²) in [5.74, 6) is 1.70. The maximum atomic E-state index is 11.3. The number of nitrogens with one attached hydrogen (secondary N) is 3. The number of alkyl halides is 3. The van der Waals surface area contributed by atoms with Crippen LogP contribution in [0.5, 0.6) is 0 Å². The van der Waals surface area contributed by atoms with E-state index in [1.54, 1.807) is 13.8 Å². The number of hydrogen-bond acceptors (Lipinski definition) is 7. The number of anilines is 2. The van der Waals surface area contributed by atoms with E-state index in [4.69, 9.17) is 4.79 Å². The van der Waals surface area contributed by atoms with Gasteiger partial charge in [0.15, 0.2) is 0 Å². The molecule has 0 bridgehead atoms. The predicted molar refractivity (Wildman–Crippen MR) is 216 cm³/mol. The first-order valence-electron chi connectivity index (χ1n) is 20.5. The zero-order valence-corrected chi connectivity index (χ0v) is 33.8. The maximum Gasteiger partial charge on any atom is 0.446 e. The highest BCUT2D eigenvalue weighted by atomic mass is 19.4. The number of rotatable bonds is 10. The van der Waals surface area contributed by atoms with Crippen LogP contribution in [0.4, 0.5) is 24.5 Å². The highest BCUT2D eigenvalue weighted by Gasteiger charge is 2.28. The molecule has 2 aromatic rings. The molecule has 12 heteroatoms. The molecular weight excluding hydrogens is 706 g/mol. The van der Waals surface area contributed by atoms with Gasteiger partial charge in [0, 0.05) is 50.4 Å². The van der Waals surface area contributed by atoms with Gasteiger partial charge in [-0.15, -0.1) is 0 Å². The van der Waals surface area contributed by atoms with Gasteiger partial charge >= 0.3 is 6.18 Å². The van der Waals surface area contributed by atoms with E-state index in [1.807, 2.05) is 12.1 Å². The van der Waals surface area contributed by atoms with E-state index in [0.29, 0.717) is 12.1 Å². The molecule has 0 spiro atoms. The first-order chi connectivity index (χ1) is 26.3. The van der Waals surface area contributed by atoms with Crippen LogP contribution in [-0.4, -0.2) is 110 Å². The molecule has 2 amide bonds. The summed E-state index contributed by atoms with van der Waals surface area (Å²) in [4.78, 5) is 39.2. The Bertz CT molecular complexity index is 1520. The number of fused-ring (bicyclic) bond motifs is 2. The number of piperidine rings is 2. The third-order valence-corrected chi connectivity index (χ3v) is 11.7. The third kappa shape index (κ3) is 14.9. The number of nitrogens with zero attached hydrogens (tertiary/aromatic N) is 3. The number of aldehydes is 1. The highest BCUT2D eigenvalue weighted by Crippen LogP contribution is 2.30. The number of amides is 2. The van der Waals surface area contributed by atoms with Crippen molar-refractivity contribution in [1.82, 2.24) is 20.0 Å². The number of halogens is 3. The van der Waals surface area contributed by atoms with E-state index in [0.717, 1.165) is 62.0 Å². The zero-order chi connectivity index (χ0) is 40.0. The lowest BCUT2D eigenvalue weighted by molar-refractivity contribution is -0.156. The van der Waals surface area contributed by atoms with Crippen LogP contribution >= 0.6 is 0 Å². The summed E-state index contributed by atoms with van der Waals surface area (Å²) in [6.45, 7) is 17.3. The van der Waals surface area contributed by atoms with Gasteiger partial charge in [0.1, 0.15) is 0 Å². The van der Waals surface area contributed by atoms with Crippen molar-refractivity contribution in [2.45, 2.75) is 110 Å². The van der Waals surface area contributed by atoms with Crippen LogP contribution in [0, 0.1) is 11.8 Å². The number of hydrogen-bond donors (Lipinski definition) is 3. The third-order valence-electron chi connectivity index (χ3n) is 11.7. The van der Waals surface area contributed by atoms with Gasteiger partial charge in [-0.05, 0) is 169 Å². The van der Waals surface area contributed by atoms with Crippen LogP contribution in [0.2, 0.25) is 0 Å². The van der Waals surface area contributed by atoms with Crippen molar-refractivity contribution in [2.75, 3.05) is 70.0 Å². The number of benzene rings is 2. The standard InChI is InChI=1S/C21H33N3O.C20H31N3O.C2HF3O/c1-4-24(15-17-9-11-23(3)12-10-17)21-8-6-18-5-7-20(22-16(2)25)13-19(18)14-21;1-3-23(14-16-8-10-21-11-9-16)20-7-5-17-4-6-19(22-15(2)24)12-18(17)13-20;3-2(4,5)1-6/h5,7,13,17,21H,4,6,8-12,14-15H2,1-3H3,(H,22,25);4,6,12,16,20-21H,3,5,7-11,13-14H2,1-2H3,(H,22,24);1H. The van der Waals surface area contributed by atoms with Gasteiger partial charge in [0.2, 0.25) is 18.1 Å². The largest absolute Gasteiger partial charge is 0.446 e. The summed E-state index contributed by atoms with van der Waals surface area (Å²) in [7, 11) is 2.23. The second kappa shape index (κ2) is 21.8. The Morgan fingerprint density at radius 2 is 1.16 bits per heavy atom. The summed E-state index contributed by atoms with van der Waals surface area (Å²) in [5, 5.41) is 9.31. The van der Waals surface area contributed by atoms with Crippen molar-refractivity contribution >= 4 is 29.5 Å². The molecule has 9 nitrogen and oxygen atoms in total. The van der Waals surface area contributed by atoms with Crippen molar-refractivity contribution in [1.29, 1.82) is 0 Å². The van der Waals surface area contributed by atoms with E-state index in [2.05, 4.69) is 75.8 Å². The van der Waals surface area contributed by atoms with Gasteiger partial charge in [-0.2, -0.15) is 13.2 Å². The van der Waals surface area contributed by atoms with Crippen LogP contribution in [-0.2, 0) is 40.1 Å². The monoisotopic (exact) mass is 771 g/mol. The fraction of sp³-hybridized carbons (Fsp3) is 0.651. The molecule has 2 aliphatic carbocycles. The maximum absolute atomic E-state index is 11.3. The van der Waals surface area contributed by atoms with Crippen LogP contribution in [0.1, 0.15) is 88.5 Å². The van der Waals surface area contributed by atoms with Gasteiger partial charge < -0.3 is 30.7 Å². The molecule has 6 rings (SSSR count). The van der Waals surface area contributed by atoms with Crippen LogP contribution in [0.3, 0.4) is 0 Å². The molecule has 2 aromatic carbocycles. The molecule has 2 fully saturated rings. The Kier molecular flexibility index (Phi) is 17.6. The molecule has 2 saturated heterocycles. The SMILES string of the molecule is CCN(CC1CCN(C)CC1)C1CCc2ccc(NC(C)=O)cc2C1.CCN(CC1CCNCC1)C1CCc2ccc(NC(C)=O)cc2C1.O=CC(F)(F)F. The summed E-state index contributed by atoms with van der Waals surface area (Å²) in [6, 6.07) is 14.1. The summed E-state index contributed by atoms with van der Waals surface area (Å²) < 4.78 is 31.2. The van der Waals surface area contributed by atoms with Gasteiger partial charge in [-0.25, -0.2) is 0 Å². The minimum atomic E-state index is -4.64. The van der Waals surface area contributed by atoms with Crippen LogP contribution < -0.4 is 16.0 Å². The molecule has 0 aromatic heterocycles. The summed E-state index contributed by atoms with van der Waals surface area (Å²) >= 11 is 0. The van der Waals surface area contributed by atoms with Crippen molar-refractivity contribution in [3.05, 3.63) is 58.7 Å². The number of likely N-dealkylation sites (N-methyl/N-ethyl adjacent to an activating group) is 2. The van der Waals surface area contributed by atoms with E-state index < -0.39 is 12.5 Å². The Balaban J connectivity index is 0.000000214. The molecule has 2 aliphatic heterocycles. The zero-order valence-electron chi connectivity index (χ0n) is 33.8. The molecule has 3 N–H and O–H groups in total. The fourth-order valence-electron chi connectivity index (χ4n) is 8.71. The lowest BCUT2D eigenvalue weighted by Gasteiger charge is -2.38. The van der Waals surface area contributed by atoms with E-state index in [9.17, 15) is 22.8 Å². The van der Waals surface area contributed by atoms with Crippen molar-refractivity contribution in [3.63, 3.8) is 0 Å². The van der Waals surface area contributed by atoms with E-state index in [1.165, 1.54) is 100 Å². The molecule has 2 heterocycles. The lowest BCUT2D eigenvalue weighted by atomic mass is 9.86. The summed E-state index contributed by atoms with van der Waals surface area (Å²) in [5.41, 5.74) is 7.62. The first kappa shape index (κ1) is 44.4. The number of carbonyl (C=O) groups is 3. The lowest BCUT2D eigenvalue weighted by Crippen LogP contribution is -2.44. The normalized spacial score (nSPS) is 20.6. The second-order valence-corrected chi connectivity index (χ2v) is 15.9. The minimum Gasteiger partial charge on any atom is -0.326 e. The molecule has 0 saturated carbocycles. The molecule has 306 valence electrons. The van der Waals surface area contributed by atoms with Crippen molar-refractivity contribution in [2.24, 2.45) is 11.8 Å². The topological polar surface area (TPSA) is 97.0 Å². The number of aryl methyl sites for hydroxylation is 2. The molecule has 4 aliphatic rings. The quantitative estimate of drug-likeness (QED) is 0.231. The Morgan fingerprint density at radius 1 is 0.745 bits per heavy atom. The van der Waals surface area contributed by atoms with Crippen molar-refractivity contribution < 1.29 is 27.6 Å². The van der Waals surface area contributed by atoms with Gasteiger partial charge in [0.05, 0.1) is 0 Å². The molecule has 2 atom stereocenters. The average Bonchev–Trinajstić information content (AvgIpc) is 3.16.